The van der Waals surface area contributed by atoms with Crippen molar-refractivity contribution in [2.75, 3.05) is 44.4 Å². The number of ether oxygens (including phenoxy) is 2. The number of carbonyl (C=O) groups excluding carboxylic acids is 1. The number of hydrogen-bond acceptors (Lipinski definition) is 6. The average Bonchev–Trinajstić information content (AvgIpc) is 3.15. The molecule has 2 aromatic rings. The van der Waals surface area contributed by atoms with Crippen molar-refractivity contribution in [1.82, 2.24) is 20.1 Å². The quantitative estimate of drug-likeness (QED) is 0.844. The molecule has 0 saturated carbocycles. The summed E-state index contributed by atoms with van der Waals surface area (Å²) >= 11 is 0. The minimum absolute atomic E-state index is 0.165. The molecule has 0 bridgehead atoms. The van der Waals surface area contributed by atoms with E-state index in [2.05, 4.69) is 20.3 Å². The molecule has 4 rings (SSSR count). The highest BCUT2D eigenvalue weighted by atomic mass is 16.5. The second kappa shape index (κ2) is 8.70. The second-order valence-electron chi connectivity index (χ2n) is 7.25. The highest BCUT2D eigenvalue weighted by molar-refractivity contribution is 5.93. The van der Waals surface area contributed by atoms with Crippen LogP contribution in [0.2, 0.25) is 0 Å². The Bertz CT molecular complexity index is 810. The van der Waals surface area contributed by atoms with E-state index in [1.54, 1.807) is 0 Å². The summed E-state index contributed by atoms with van der Waals surface area (Å²) < 4.78 is 12.7. The van der Waals surface area contributed by atoms with Crippen LogP contribution < -0.4 is 10.2 Å². The summed E-state index contributed by atoms with van der Waals surface area (Å²) in [6.45, 7) is 6.91. The molecule has 0 aliphatic carbocycles. The van der Waals surface area contributed by atoms with Crippen molar-refractivity contribution in [1.29, 1.82) is 0 Å². The van der Waals surface area contributed by atoms with Crippen LogP contribution in [0.4, 0.5) is 5.82 Å². The lowest BCUT2D eigenvalue weighted by atomic mass is 10.1. The highest BCUT2D eigenvalue weighted by Gasteiger charge is 2.21. The van der Waals surface area contributed by atoms with E-state index in [0.717, 1.165) is 69.4 Å². The number of nitrogens with one attached hydrogen (secondary N) is 1. The van der Waals surface area contributed by atoms with Crippen LogP contribution in [0.15, 0.2) is 24.4 Å². The lowest BCUT2D eigenvalue weighted by Crippen LogP contribution is -2.37. The van der Waals surface area contributed by atoms with E-state index in [1.807, 2.05) is 36.0 Å². The maximum Gasteiger partial charge on any atom is 0.272 e. The Balaban J connectivity index is 1.38. The Morgan fingerprint density at radius 1 is 1.18 bits per heavy atom. The molecule has 1 amide bonds. The summed E-state index contributed by atoms with van der Waals surface area (Å²) in [4.78, 5) is 19.5. The molecule has 0 aromatic carbocycles. The van der Waals surface area contributed by atoms with Crippen LogP contribution in [0.3, 0.4) is 0 Å². The van der Waals surface area contributed by atoms with Crippen molar-refractivity contribution >= 4 is 11.7 Å². The van der Waals surface area contributed by atoms with Gasteiger partial charge in [0.2, 0.25) is 0 Å². The molecule has 0 atom stereocenters. The first-order valence-electron chi connectivity index (χ1n) is 9.91. The van der Waals surface area contributed by atoms with E-state index in [0.29, 0.717) is 18.3 Å². The molecule has 2 aliphatic rings. The van der Waals surface area contributed by atoms with E-state index >= 15 is 0 Å². The number of aromatic nitrogens is 3. The molecular formula is C20H27N5O3. The minimum atomic E-state index is -0.165. The normalized spacial score (nSPS) is 18.2. The number of anilines is 1. The molecule has 0 unspecified atom stereocenters. The van der Waals surface area contributed by atoms with Crippen LogP contribution in [0, 0.1) is 6.92 Å². The minimum Gasteiger partial charge on any atom is -0.381 e. The summed E-state index contributed by atoms with van der Waals surface area (Å²) in [5.41, 5.74) is 2.20. The van der Waals surface area contributed by atoms with Gasteiger partial charge in [0, 0.05) is 38.1 Å². The van der Waals surface area contributed by atoms with Gasteiger partial charge < -0.3 is 19.7 Å². The molecule has 8 heteroatoms. The van der Waals surface area contributed by atoms with E-state index in [1.165, 1.54) is 0 Å². The number of carbonyl (C=O) groups is 1. The number of rotatable bonds is 5. The van der Waals surface area contributed by atoms with Crippen molar-refractivity contribution in [2.45, 2.75) is 32.4 Å². The number of morpholine rings is 1. The lowest BCUT2D eigenvalue weighted by molar-refractivity contribution is 0.0660. The van der Waals surface area contributed by atoms with Crippen LogP contribution in [-0.2, 0) is 16.0 Å². The van der Waals surface area contributed by atoms with Crippen molar-refractivity contribution in [3.63, 3.8) is 0 Å². The molecule has 2 fully saturated rings. The second-order valence-corrected chi connectivity index (χ2v) is 7.25. The molecule has 150 valence electrons. The Morgan fingerprint density at radius 2 is 1.93 bits per heavy atom. The van der Waals surface area contributed by atoms with Gasteiger partial charge in [0.15, 0.2) is 5.69 Å². The highest BCUT2D eigenvalue weighted by Crippen LogP contribution is 2.21. The van der Waals surface area contributed by atoms with Gasteiger partial charge in [-0.1, -0.05) is 6.07 Å². The third kappa shape index (κ3) is 4.34. The number of amides is 1. The lowest BCUT2D eigenvalue weighted by Gasteiger charge is -2.28. The number of pyridine rings is 1. The number of nitrogens with zero attached hydrogens (tertiary/aromatic N) is 4. The molecule has 2 aliphatic heterocycles. The third-order valence-electron chi connectivity index (χ3n) is 5.25. The first kappa shape index (κ1) is 18.9. The Kier molecular flexibility index (Phi) is 5.87. The van der Waals surface area contributed by atoms with Gasteiger partial charge in [0.25, 0.3) is 5.91 Å². The maximum atomic E-state index is 12.7. The summed E-state index contributed by atoms with van der Waals surface area (Å²) in [5.74, 6) is 0.761. The van der Waals surface area contributed by atoms with Crippen LogP contribution in [-0.4, -0.2) is 60.2 Å². The zero-order valence-corrected chi connectivity index (χ0v) is 16.3. The van der Waals surface area contributed by atoms with E-state index in [9.17, 15) is 4.79 Å². The van der Waals surface area contributed by atoms with Crippen molar-refractivity contribution in [3.05, 3.63) is 41.3 Å². The summed E-state index contributed by atoms with van der Waals surface area (Å²) in [6, 6.07) is 6.21. The zero-order chi connectivity index (χ0) is 19.3. The smallest absolute Gasteiger partial charge is 0.272 e. The van der Waals surface area contributed by atoms with Gasteiger partial charge in [-0.3, -0.25) is 9.48 Å². The molecule has 8 nitrogen and oxygen atoms in total. The topological polar surface area (TPSA) is 81.5 Å². The molecular weight excluding hydrogens is 358 g/mol. The van der Waals surface area contributed by atoms with Crippen molar-refractivity contribution in [3.8, 4) is 0 Å². The van der Waals surface area contributed by atoms with Gasteiger partial charge in [-0.25, -0.2) is 4.98 Å². The Morgan fingerprint density at radius 3 is 2.71 bits per heavy atom. The predicted molar refractivity (Wildman–Crippen MR) is 104 cm³/mol. The summed E-state index contributed by atoms with van der Waals surface area (Å²) in [5, 5.41) is 7.50. The average molecular weight is 385 g/mol. The van der Waals surface area contributed by atoms with Crippen LogP contribution in [0.1, 0.15) is 40.6 Å². The molecule has 2 aromatic heterocycles. The van der Waals surface area contributed by atoms with E-state index < -0.39 is 0 Å². The molecule has 0 spiro atoms. The Labute approximate surface area is 164 Å². The summed E-state index contributed by atoms with van der Waals surface area (Å²) in [6.07, 6.45) is 3.82. The van der Waals surface area contributed by atoms with Gasteiger partial charge >= 0.3 is 0 Å². The Hall–Kier alpha value is -2.45. The van der Waals surface area contributed by atoms with Gasteiger partial charge in [-0.15, -0.1) is 0 Å². The number of hydrogen-bond donors (Lipinski definition) is 1. The first-order valence-corrected chi connectivity index (χ1v) is 9.91. The fraction of sp³-hybridized carbons (Fsp3) is 0.550. The van der Waals surface area contributed by atoms with Gasteiger partial charge in [-0.2, -0.15) is 5.10 Å². The van der Waals surface area contributed by atoms with Gasteiger partial charge in [0.1, 0.15) is 5.82 Å². The van der Waals surface area contributed by atoms with Crippen LogP contribution in [0.5, 0.6) is 0 Å². The van der Waals surface area contributed by atoms with Gasteiger partial charge in [0.05, 0.1) is 31.5 Å². The van der Waals surface area contributed by atoms with Crippen molar-refractivity contribution in [2.24, 2.45) is 0 Å². The summed E-state index contributed by atoms with van der Waals surface area (Å²) in [7, 11) is 0. The maximum absolute atomic E-state index is 12.7. The zero-order valence-electron chi connectivity index (χ0n) is 16.3. The third-order valence-corrected chi connectivity index (χ3v) is 5.25. The fourth-order valence-electron chi connectivity index (χ4n) is 3.63. The fourth-order valence-corrected chi connectivity index (χ4v) is 3.63. The molecule has 0 radical (unpaired) electrons. The van der Waals surface area contributed by atoms with E-state index in [-0.39, 0.29) is 5.91 Å². The molecule has 2 saturated heterocycles. The number of aryl methyl sites for hydroxylation is 1. The SMILES string of the molecule is Cc1cn(C2CCOCC2)nc1C(=O)NCc1cccc(N2CCOCC2)n1. The van der Waals surface area contributed by atoms with Crippen LogP contribution >= 0.6 is 0 Å². The molecule has 28 heavy (non-hydrogen) atoms. The molecule has 1 N–H and O–H groups in total. The van der Waals surface area contributed by atoms with Crippen LogP contribution in [0.25, 0.3) is 0 Å². The molecule has 4 heterocycles. The van der Waals surface area contributed by atoms with Gasteiger partial charge in [-0.05, 0) is 31.9 Å². The monoisotopic (exact) mass is 385 g/mol. The predicted octanol–water partition coefficient (Wildman–Crippen LogP) is 1.70. The van der Waals surface area contributed by atoms with E-state index in [4.69, 9.17) is 9.47 Å². The van der Waals surface area contributed by atoms with Crippen molar-refractivity contribution < 1.29 is 14.3 Å². The first-order chi connectivity index (χ1) is 13.7. The standard InChI is InChI=1S/C20H27N5O3/c1-15-14-25(17-5-9-27-10-6-17)23-19(15)20(26)21-13-16-3-2-4-18(22-16)24-7-11-28-12-8-24/h2-4,14,17H,5-13H2,1H3,(H,21,26). The largest absolute Gasteiger partial charge is 0.381 e.